The molecule has 2 nitrogen and oxygen atoms in total. The molecule has 0 N–H and O–H groups in total. The summed E-state index contributed by atoms with van der Waals surface area (Å²) in [5.74, 6) is 0.196. The number of nitrogens with zero attached hydrogens (tertiary/aromatic N) is 1. The van der Waals surface area contributed by atoms with Gasteiger partial charge >= 0.3 is 0 Å². The van der Waals surface area contributed by atoms with E-state index in [4.69, 9.17) is 0 Å². The van der Waals surface area contributed by atoms with Gasteiger partial charge in [0.1, 0.15) is 0 Å². The van der Waals surface area contributed by atoms with E-state index in [0.717, 1.165) is 11.1 Å². The monoisotopic (exact) mass is 301 g/mol. The van der Waals surface area contributed by atoms with Crippen LogP contribution in [0.1, 0.15) is 44.9 Å². The van der Waals surface area contributed by atoms with Crippen molar-refractivity contribution in [3.05, 3.63) is 56.8 Å². The Morgan fingerprint density at radius 3 is 2.48 bits per heavy atom. The van der Waals surface area contributed by atoms with Gasteiger partial charge in [0, 0.05) is 16.5 Å². The molecule has 1 aromatic carbocycles. The predicted molar refractivity (Wildman–Crippen MR) is 90.3 cm³/mol. The van der Waals surface area contributed by atoms with Crippen molar-refractivity contribution in [1.29, 1.82) is 0 Å². The molecule has 0 radical (unpaired) electrons. The van der Waals surface area contributed by atoms with Crippen LogP contribution in [0.3, 0.4) is 0 Å². The van der Waals surface area contributed by atoms with E-state index in [0.29, 0.717) is 6.54 Å². The Kier molecular flexibility index (Phi) is 4.96. The zero-order valence-electron chi connectivity index (χ0n) is 13.4. The number of thiophene rings is 1. The first-order valence-electron chi connectivity index (χ1n) is 7.25. The second kappa shape index (κ2) is 6.54. The maximum Gasteiger partial charge on any atom is 0.177 e. The van der Waals surface area contributed by atoms with Crippen LogP contribution >= 0.6 is 11.3 Å². The summed E-state index contributed by atoms with van der Waals surface area (Å²) in [5.41, 5.74) is 4.34. The van der Waals surface area contributed by atoms with Crippen molar-refractivity contribution in [2.75, 3.05) is 13.6 Å². The normalized spacial score (nSPS) is 12.7. The third-order valence-corrected chi connectivity index (χ3v) is 5.19. The molecule has 21 heavy (non-hydrogen) atoms. The van der Waals surface area contributed by atoms with Gasteiger partial charge in [-0.05, 0) is 68.9 Å². The lowest BCUT2D eigenvalue weighted by Gasteiger charge is -2.23. The Bertz CT molecular complexity index is 631. The van der Waals surface area contributed by atoms with Gasteiger partial charge in [-0.1, -0.05) is 12.1 Å². The second-order valence-electron chi connectivity index (χ2n) is 5.78. The lowest BCUT2D eigenvalue weighted by Crippen LogP contribution is -2.28. The minimum absolute atomic E-state index is 0.196. The number of likely N-dealkylation sites (N-methyl/N-ethyl adjacent to an activating group) is 1. The van der Waals surface area contributed by atoms with Crippen molar-refractivity contribution in [2.45, 2.75) is 33.7 Å². The fourth-order valence-electron chi connectivity index (χ4n) is 2.46. The first kappa shape index (κ1) is 15.9. The molecular weight excluding hydrogens is 278 g/mol. The topological polar surface area (TPSA) is 20.3 Å². The highest BCUT2D eigenvalue weighted by molar-refractivity contribution is 7.10. The molecule has 112 valence electrons. The molecule has 0 aliphatic carbocycles. The summed E-state index contributed by atoms with van der Waals surface area (Å²) >= 11 is 1.74. The first-order valence-corrected chi connectivity index (χ1v) is 8.12. The number of aryl methyl sites for hydroxylation is 3. The van der Waals surface area contributed by atoms with E-state index in [1.165, 1.54) is 16.0 Å². The Morgan fingerprint density at radius 1 is 1.19 bits per heavy atom. The third kappa shape index (κ3) is 3.60. The Morgan fingerprint density at radius 2 is 1.86 bits per heavy atom. The number of Topliss-reactive ketones (excluding diaryl/α,β-unsaturated/α-hetero) is 1. The van der Waals surface area contributed by atoms with Crippen LogP contribution in [0.15, 0.2) is 29.6 Å². The van der Waals surface area contributed by atoms with Crippen molar-refractivity contribution >= 4 is 17.1 Å². The van der Waals surface area contributed by atoms with Crippen LogP contribution in [0, 0.1) is 20.8 Å². The Hall–Kier alpha value is -1.45. The quantitative estimate of drug-likeness (QED) is 0.755. The van der Waals surface area contributed by atoms with E-state index in [1.807, 2.05) is 20.0 Å². The molecule has 0 saturated carbocycles. The Labute approximate surface area is 131 Å². The smallest absolute Gasteiger partial charge is 0.177 e. The number of hydrogen-bond acceptors (Lipinski definition) is 3. The molecule has 3 heteroatoms. The molecule has 0 saturated heterocycles. The largest absolute Gasteiger partial charge is 0.293 e. The second-order valence-corrected chi connectivity index (χ2v) is 6.76. The van der Waals surface area contributed by atoms with Crippen LogP contribution in [0.4, 0.5) is 0 Å². The van der Waals surface area contributed by atoms with Gasteiger partial charge in [-0.15, -0.1) is 11.3 Å². The minimum atomic E-state index is 0.196. The molecule has 1 atom stereocenters. The summed E-state index contributed by atoms with van der Waals surface area (Å²) in [7, 11) is 2.01. The fraction of sp³-hybridized carbons (Fsp3) is 0.389. The van der Waals surface area contributed by atoms with Crippen molar-refractivity contribution in [3.8, 4) is 0 Å². The maximum absolute atomic E-state index is 12.6. The summed E-state index contributed by atoms with van der Waals surface area (Å²) < 4.78 is 0. The van der Waals surface area contributed by atoms with Crippen molar-refractivity contribution < 1.29 is 4.79 Å². The van der Waals surface area contributed by atoms with Gasteiger partial charge in [-0.3, -0.25) is 9.69 Å². The first-order chi connectivity index (χ1) is 9.90. The Balaban J connectivity index is 2.13. The van der Waals surface area contributed by atoms with Gasteiger partial charge in [-0.2, -0.15) is 0 Å². The zero-order valence-corrected chi connectivity index (χ0v) is 14.3. The fourth-order valence-corrected chi connectivity index (χ4v) is 3.30. The van der Waals surface area contributed by atoms with Gasteiger partial charge in [0.2, 0.25) is 0 Å². The van der Waals surface area contributed by atoms with Gasteiger partial charge < -0.3 is 0 Å². The third-order valence-electron chi connectivity index (χ3n) is 4.15. The maximum atomic E-state index is 12.6. The molecule has 1 heterocycles. The van der Waals surface area contributed by atoms with Crippen LogP contribution in [0.5, 0.6) is 0 Å². The lowest BCUT2D eigenvalue weighted by molar-refractivity contribution is 0.0925. The summed E-state index contributed by atoms with van der Waals surface area (Å²) in [6.07, 6.45) is 0. The van der Waals surface area contributed by atoms with E-state index in [1.54, 1.807) is 11.3 Å². The van der Waals surface area contributed by atoms with E-state index in [-0.39, 0.29) is 11.8 Å². The van der Waals surface area contributed by atoms with Gasteiger partial charge in [0.25, 0.3) is 0 Å². The van der Waals surface area contributed by atoms with Crippen molar-refractivity contribution in [3.63, 3.8) is 0 Å². The molecule has 2 aromatic rings. The molecular formula is C18H23NOS. The van der Waals surface area contributed by atoms with E-state index >= 15 is 0 Å². The summed E-state index contributed by atoms with van der Waals surface area (Å²) in [5, 5.41) is 2.08. The molecule has 0 bridgehead atoms. The number of benzene rings is 1. The number of hydrogen-bond donors (Lipinski definition) is 0. The van der Waals surface area contributed by atoms with Crippen LogP contribution in [0.25, 0.3) is 0 Å². The molecule has 1 unspecified atom stereocenters. The molecule has 0 spiro atoms. The molecule has 0 aliphatic rings. The summed E-state index contributed by atoms with van der Waals surface area (Å²) in [6, 6.07) is 8.57. The molecule has 2 rings (SSSR count). The van der Waals surface area contributed by atoms with Crippen LogP contribution in [-0.2, 0) is 0 Å². The van der Waals surface area contributed by atoms with E-state index in [2.05, 4.69) is 49.3 Å². The molecule has 1 aromatic heterocycles. The highest BCUT2D eigenvalue weighted by Gasteiger charge is 2.18. The average Bonchev–Trinajstić information content (AvgIpc) is 2.95. The highest BCUT2D eigenvalue weighted by atomic mass is 32.1. The number of carbonyl (C=O) groups excluding carboxylic acids is 1. The number of ketones is 1. The van der Waals surface area contributed by atoms with Crippen LogP contribution in [0.2, 0.25) is 0 Å². The average molecular weight is 301 g/mol. The van der Waals surface area contributed by atoms with E-state index in [9.17, 15) is 4.79 Å². The van der Waals surface area contributed by atoms with Crippen molar-refractivity contribution in [1.82, 2.24) is 4.90 Å². The van der Waals surface area contributed by atoms with Crippen LogP contribution < -0.4 is 0 Å². The number of carbonyl (C=O) groups is 1. The van der Waals surface area contributed by atoms with Gasteiger partial charge in [0.15, 0.2) is 5.78 Å². The molecule has 0 amide bonds. The molecule has 0 aliphatic heterocycles. The van der Waals surface area contributed by atoms with Gasteiger partial charge in [-0.25, -0.2) is 0 Å². The summed E-state index contributed by atoms with van der Waals surface area (Å²) in [4.78, 5) is 16.0. The SMILES string of the molecule is Cc1cc(C)c(C(=O)CN(C)C(C)c2cccs2)cc1C. The number of rotatable bonds is 5. The highest BCUT2D eigenvalue weighted by Crippen LogP contribution is 2.24. The minimum Gasteiger partial charge on any atom is -0.293 e. The predicted octanol–water partition coefficient (Wildman–Crippen LogP) is 4.55. The van der Waals surface area contributed by atoms with Crippen LogP contribution in [-0.4, -0.2) is 24.3 Å². The van der Waals surface area contributed by atoms with E-state index < -0.39 is 0 Å². The summed E-state index contributed by atoms with van der Waals surface area (Å²) in [6.45, 7) is 8.75. The van der Waals surface area contributed by atoms with Crippen molar-refractivity contribution in [2.24, 2.45) is 0 Å². The zero-order chi connectivity index (χ0) is 15.6. The standard InChI is InChI=1S/C18H23NOS/c1-12-9-14(3)16(10-13(12)2)17(20)11-19(5)15(4)18-7-6-8-21-18/h6-10,15H,11H2,1-5H3. The molecule has 0 fully saturated rings. The van der Waals surface area contributed by atoms with Gasteiger partial charge in [0.05, 0.1) is 6.54 Å². The lowest BCUT2D eigenvalue weighted by atomic mass is 9.98.